The van der Waals surface area contributed by atoms with Gasteiger partial charge in [0.15, 0.2) is 11.5 Å². The second-order valence-electron chi connectivity index (χ2n) is 2.87. The number of hydrogen-bond donors (Lipinski definition) is 1. The van der Waals surface area contributed by atoms with E-state index in [4.69, 9.17) is 9.47 Å². The van der Waals surface area contributed by atoms with Gasteiger partial charge in [0.05, 0.1) is 4.92 Å². The van der Waals surface area contributed by atoms with Crippen molar-refractivity contribution in [2.24, 2.45) is 0 Å². The van der Waals surface area contributed by atoms with E-state index >= 15 is 0 Å². The van der Waals surface area contributed by atoms with E-state index in [1.165, 1.54) is 18.2 Å². The minimum absolute atomic E-state index is 0.0858. The molecule has 2 rings (SSSR count). The molecule has 15 heavy (non-hydrogen) atoms. The summed E-state index contributed by atoms with van der Waals surface area (Å²) in [6, 6.07) is 2.85. The number of phenols is 1. The fraction of sp³-hybridized carbons (Fsp3) is 0.111. The van der Waals surface area contributed by atoms with E-state index in [1.807, 2.05) is 0 Å². The highest BCUT2D eigenvalue weighted by molar-refractivity contribution is 5.62. The summed E-state index contributed by atoms with van der Waals surface area (Å²) in [6.45, 7) is 0.0944. The molecule has 0 atom stereocenters. The monoisotopic (exact) mass is 209 g/mol. The molecule has 0 aromatic heterocycles. The van der Waals surface area contributed by atoms with Crippen LogP contribution in [0.15, 0.2) is 18.3 Å². The molecule has 78 valence electrons. The van der Waals surface area contributed by atoms with Gasteiger partial charge in [0.1, 0.15) is 5.75 Å². The third-order valence-electron chi connectivity index (χ3n) is 1.90. The molecule has 1 aromatic rings. The molecule has 0 bridgehead atoms. The van der Waals surface area contributed by atoms with Crippen LogP contribution >= 0.6 is 0 Å². The first-order valence-electron chi connectivity index (χ1n) is 4.11. The smallest absolute Gasteiger partial charge is 0.235 e. The zero-order valence-electron chi connectivity index (χ0n) is 7.54. The highest BCUT2D eigenvalue weighted by atomic mass is 16.7. The number of ether oxygens (including phenoxy) is 2. The van der Waals surface area contributed by atoms with Gasteiger partial charge in [-0.3, -0.25) is 10.1 Å². The molecule has 0 aliphatic carbocycles. The summed E-state index contributed by atoms with van der Waals surface area (Å²) in [7, 11) is 0. The number of fused-ring (bicyclic) bond motifs is 1. The van der Waals surface area contributed by atoms with Gasteiger partial charge in [-0.2, -0.15) is 0 Å². The van der Waals surface area contributed by atoms with Gasteiger partial charge in [-0.1, -0.05) is 0 Å². The van der Waals surface area contributed by atoms with Crippen molar-refractivity contribution in [3.8, 4) is 17.2 Å². The largest absolute Gasteiger partial charge is 0.507 e. The standard InChI is InChI=1S/C9H7NO5/c11-7-4-9-8(14-5-15-9)3-6(7)1-2-10(12)13/h1-4,11H,5H2. The Morgan fingerprint density at radius 1 is 1.40 bits per heavy atom. The molecule has 0 unspecified atom stereocenters. The molecule has 1 heterocycles. The summed E-state index contributed by atoms with van der Waals surface area (Å²) in [5.74, 6) is 0.818. The fourth-order valence-corrected chi connectivity index (χ4v) is 1.22. The number of hydrogen-bond acceptors (Lipinski definition) is 5. The van der Waals surface area contributed by atoms with Crippen LogP contribution in [0.5, 0.6) is 17.2 Å². The number of benzene rings is 1. The Labute approximate surface area is 84.5 Å². The van der Waals surface area contributed by atoms with Gasteiger partial charge < -0.3 is 14.6 Å². The normalized spacial score (nSPS) is 13.3. The number of phenolic OH excluding ortho intramolecular Hbond substituents is 1. The Bertz CT molecular complexity index is 440. The first kappa shape index (κ1) is 9.32. The maximum atomic E-state index is 10.1. The molecule has 1 aromatic carbocycles. The number of rotatable bonds is 2. The van der Waals surface area contributed by atoms with E-state index < -0.39 is 4.92 Å². The maximum absolute atomic E-state index is 10.1. The number of aromatic hydroxyl groups is 1. The fourth-order valence-electron chi connectivity index (χ4n) is 1.22. The molecule has 1 aliphatic heterocycles. The molecular weight excluding hydrogens is 202 g/mol. The van der Waals surface area contributed by atoms with Gasteiger partial charge in [-0.05, 0) is 6.07 Å². The van der Waals surface area contributed by atoms with Crippen LogP contribution in [0.3, 0.4) is 0 Å². The average Bonchev–Trinajstić information content (AvgIpc) is 2.60. The van der Waals surface area contributed by atoms with Crippen LogP contribution in [0.4, 0.5) is 0 Å². The minimum Gasteiger partial charge on any atom is -0.507 e. The molecule has 1 N–H and O–H groups in total. The lowest BCUT2D eigenvalue weighted by molar-refractivity contribution is -0.400. The second kappa shape index (κ2) is 3.49. The van der Waals surface area contributed by atoms with Crippen LogP contribution in [-0.4, -0.2) is 16.8 Å². The summed E-state index contributed by atoms with van der Waals surface area (Å²) in [6.07, 6.45) is 1.94. The van der Waals surface area contributed by atoms with Crippen molar-refractivity contribution < 1.29 is 19.5 Å². The lowest BCUT2D eigenvalue weighted by Gasteiger charge is -2.00. The van der Waals surface area contributed by atoms with Crippen molar-refractivity contribution in [3.05, 3.63) is 34.0 Å². The molecule has 0 spiro atoms. The molecule has 0 radical (unpaired) electrons. The maximum Gasteiger partial charge on any atom is 0.235 e. The predicted octanol–water partition coefficient (Wildman–Crippen LogP) is 1.37. The molecular formula is C9H7NO5. The molecule has 6 nitrogen and oxygen atoms in total. The van der Waals surface area contributed by atoms with Gasteiger partial charge in [0, 0.05) is 17.7 Å². The Balaban J connectivity index is 2.36. The lowest BCUT2D eigenvalue weighted by atomic mass is 10.2. The van der Waals surface area contributed by atoms with Crippen LogP contribution in [-0.2, 0) is 0 Å². The topological polar surface area (TPSA) is 81.8 Å². The van der Waals surface area contributed by atoms with E-state index in [1.54, 1.807) is 0 Å². The van der Waals surface area contributed by atoms with E-state index in [-0.39, 0.29) is 12.5 Å². The van der Waals surface area contributed by atoms with Crippen molar-refractivity contribution >= 4 is 6.08 Å². The molecule has 6 heteroatoms. The second-order valence-corrected chi connectivity index (χ2v) is 2.87. The third-order valence-corrected chi connectivity index (χ3v) is 1.90. The number of nitro groups is 1. The summed E-state index contributed by atoms with van der Waals surface area (Å²) < 4.78 is 10.1. The van der Waals surface area contributed by atoms with Gasteiger partial charge in [-0.15, -0.1) is 0 Å². The zero-order valence-corrected chi connectivity index (χ0v) is 7.54. The highest BCUT2D eigenvalue weighted by Crippen LogP contribution is 2.37. The highest BCUT2D eigenvalue weighted by Gasteiger charge is 2.16. The van der Waals surface area contributed by atoms with Crippen molar-refractivity contribution in [2.45, 2.75) is 0 Å². The van der Waals surface area contributed by atoms with Crippen LogP contribution < -0.4 is 9.47 Å². The molecule has 1 aliphatic rings. The molecule has 0 fully saturated rings. The quantitative estimate of drug-likeness (QED) is 0.587. The lowest BCUT2D eigenvalue weighted by Crippen LogP contribution is -1.92. The van der Waals surface area contributed by atoms with E-state index in [0.717, 1.165) is 6.20 Å². The molecule has 0 saturated heterocycles. The van der Waals surface area contributed by atoms with Crippen LogP contribution in [0, 0.1) is 10.1 Å². The first-order chi connectivity index (χ1) is 7.16. The third kappa shape index (κ3) is 1.83. The van der Waals surface area contributed by atoms with Crippen LogP contribution in [0.25, 0.3) is 6.08 Å². The SMILES string of the molecule is O=[N+]([O-])C=Cc1cc2c(cc1O)OCO2. The Morgan fingerprint density at radius 3 is 2.73 bits per heavy atom. The van der Waals surface area contributed by atoms with Gasteiger partial charge in [0.25, 0.3) is 0 Å². The summed E-state index contributed by atoms with van der Waals surface area (Å²) in [4.78, 5) is 9.49. The van der Waals surface area contributed by atoms with E-state index in [0.29, 0.717) is 17.1 Å². The summed E-state index contributed by atoms with van der Waals surface area (Å²) in [5.41, 5.74) is 0.316. The van der Waals surface area contributed by atoms with Crippen LogP contribution in [0.2, 0.25) is 0 Å². The predicted molar refractivity (Wildman–Crippen MR) is 50.3 cm³/mol. The Hall–Kier alpha value is -2.24. The van der Waals surface area contributed by atoms with Crippen molar-refractivity contribution in [1.82, 2.24) is 0 Å². The average molecular weight is 209 g/mol. The molecule has 0 amide bonds. The first-order valence-corrected chi connectivity index (χ1v) is 4.11. The van der Waals surface area contributed by atoms with Crippen molar-refractivity contribution in [1.29, 1.82) is 0 Å². The minimum atomic E-state index is -0.607. The molecule has 0 saturated carbocycles. The van der Waals surface area contributed by atoms with Gasteiger partial charge in [0.2, 0.25) is 13.0 Å². The van der Waals surface area contributed by atoms with E-state index in [2.05, 4.69) is 0 Å². The summed E-state index contributed by atoms with van der Waals surface area (Å²) in [5, 5.41) is 19.6. The summed E-state index contributed by atoms with van der Waals surface area (Å²) >= 11 is 0. The van der Waals surface area contributed by atoms with Crippen molar-refractivity contribution in [3.63, 3.8) is 0 Å². The number of nitrogens with zero attached hydrogens (tertiary/aromatic N) is 1. The van der Waals surface area contributed by atoms with Crippen molar-refractivity contribution in [2.75, 3.05) is 6.79 Å². The van der Waals surface area contributed by atoms with Gasteiger partial charge >= 0.3 is 0 Å². The van der Waals surface area contributed by atoms with E-state index in [9.17, 15) is 15.2 Å². The Morgan fingerprint density at radius 2 is 2.07 bits per heavy atom. The zero-order chi connectivity index (χ0) is 10.8. The van der Waals surface area contributed by atoms with Crippen LogP contribution in [0.1, 0.15) is 5.56 Å². The van der Waals surface area contributed by atoms with Gasteiger partial charge in [-0.25, -0.2) is 0 Å². The Kier molecular flexibility index (Phi) is 2.17.